The van der Waals surface area contributed by atoms with E-state index in [-0.39, 0.29) is 120 Å². The topological polar surface area (TPSA) is 445 Å². The molecule has 11 saturated heterocycles. The van der Waals surface area contributed by atoms with Crippen molar-refractivity contribution in [2.45, 2.75) is 471 Å². The zero-order chi connectivity index (χ0) is 95.2. The lowest BCUT2D eigenvalue weighted by atomic mass is 10.0. The fraction of sp³-hybridized carbons (Fsp3) is 0.875. The fourth-order valence-electron chi connectivity index (χ4n) is 16.1. The van der Waals surface area contributed by atoms with Crippen molar-refractivity contribution in [2.75, 3.05) is 72.0 Å². The van der Waals surface area contributed by atoms with Gasteiger partial charge >= 0.3 is 0 Å². The highest BCUT2D eigenvalue weighted by atomic mass is 32.2. The van der Waals surface area contributed by atoms with E-state index >= 15 is 0 Å². The molecule has 2 aromatic rings. The van der Waals surface area contributed by atoms with Gasteiger partial charge in [-0.05, 0) is 205 Å². The maximum atomic E-state index is 10.8. The number of unbranched alkanes of at least 4 members (excludes halogenated alkanes) is 9. The van der Waals surface area contributed by atoms with Crippen molar-refractivity contribution in [3.8, 4) is 5.75 Å². The predicted octanol–water partition coefficient (Wildman–Crippen LogP) is 13.4. The standard InChI is InChI=1S/C18H36O3.C15H22O4S.C8H15BNO3P.C8H16O3.2C8H14O2.C8H16O2.C7H14O4.C7H14O3.C7H8O2S.CH4O.CH4/c1-2-3-4-5-6-7-8-9-10-11-12-17(20)18-14-13-16(15-19)21-18;1-2-12-8-9-15(17-12)14(16)10-11-20-19-18-13-6-4-3-5-7-13;1-2-6-3-4-8(13-6)7(11)5-12-14-10-9;1-2-6-3-4-8(11-6)7(10)5-9;2*1-2-6-3-4-7(10-6)8-5-9-8;1-3-7-4-5-8(10-7)6(2)9;8-3-5-1-2-7(11-5)6(10)4-9;1-5(9)7-3-2-6(4-8)10-7;1-10(8,9)7-5-3-2-4-6-7;1-2;/h16-20H,2-15H2,1H3;3-7,12,14-16H,2,8-11H2,1H3;6-8,11H,2-5H2,1H3;6-10H,2-5H2,1H3;2*6-8H,2-5H2,1H3;6-9H,3-5H2,1-2H3;5-10H,1-4H2;5-9H,2-4H2,1H3;2-6H,1H3;2H,1H3;1H4/t16-,17-,18-;;;6-,7-,8+;2*6-,7+,8+;6-,7+,8-;5-,6+,7-;5-,6-,7-;;;/m1..000111.../s1. The lowest BCUT2D eigenvalue weighted by molar-refractivity contribution is -0.0783. The largest absolute Gasteiger partial charge is 0.400 e. The second-order valence-electron chi connectivity index (χ2n) is 34.9. The van der Waals surface area contributed by atoms with Crippen molar-refractivity contribution >= 4 is 38.5 Å². The molecule has 13 rings (SSSR count). The molecule has 0 saturated carbocycles. The quantitative estimate of drug-likeness (QED) is 0.00559. The molecule has 760 valence electrons. The molecular formula is C96H177BNO29PS2. The molecule has 0 aliphatic carbocycles. The van der Waals surface area contributed by atoms with Crippen molar-refractivity contribution in [2.24, 2.45) is 4.66 Å². The van der Waals surface area contributed by atoms with E-state index in [9.17, 15) is 28.8 Å². The first-order chi connectivity index (χ1) is 62.3. The Balaban J connectivity index is 0.000000494. The minimum Gasteiger partial charge on any atom is -0.400 e. The molecule has 0 aromatic heterocycles. The molecular weight excluding hydrogens is 1740 g/mol. The van der Waals surface area contributed by atoms with E-state index in [0.29, 0.717) is 98.9 Å². The van der Waals surface area contributed by atoms with Gasteiger partial charge < -0.3 is 133 Å². The van der Waals surface area contributed by atoms with Crippen LogP contribution in [0.3, 0.4) is 0 Å². The van der Waals surface area contributed by atoms with Crippen molar-refractivity contribution in [3.63, 3.8) is 0 Å². The summed E-state index contributed by atoms with van der Waals surface area (Å²) in [4.78, 5) is 5.47. The van der Waals surface area contributed by atoms with E-state index in [1.807, 2.05) is 30.3 Å². The Morgan fingerprint density at radius 1 is 0.408 bits per heavy atom. The van der Waals surface area contributed by atoms with Gasteiger partial charge in [0.2, 0.25) is 0 Å². The zero-order valence-electron chi connectivity index (χ0n) is 79.8. The molecule has 2 radical (unpaired) electrons. The van der Waals surface area contributed by atoms with Crippen LogP contribution < -0.4 is 4.89 Å². The Bertz CT molecular complexity index is 2940. The number of hydrogen-bond acceptors (Lipinski definition) is 31. The molecule has 0 bridgehead atoms. The molecule has 2 aromatic carbocycles. The summed E-state index contributed by atoms with van der Waals surface area (Å²) < 4.78 is 95.1. The monoisotopic (exact) mass is 1910 g/mol. The van der Waals surface area contributed by atoms with Crippen LogP contribution in [0.4, 0.5) is 0 Å². The summed E-state index contributed by atoms with van der Waals surface area (Å²) in [6, 6.07) is 17.7. The Labute approximate surface area is 788 Å². The summed E-state index contributed by atoms with van der Waals surface area (Å²) in [7, 11) is 3.23. The predicted molar refractivity (Wildman–Crippen MR) is 508 cm³/mol. The molecule has 11 aliphatic rings. The van der Waals surface area contributed by atoms with Crippen LogP contribution in [0.5, 0.6) is 5.75 Å². The van der Waals surface area contributed by atoms with Crippen LogP contribution in [0.15, 0.2) is 70.2 Å². The first-order valence-electron chi connectivity index (χ1n) is 48.6. The number of aliphatic hydroxyl groups excluding tert-OH is 13. The number of hydrogen-bond donors (Lipinski definition) is 13. The van der Waals surface area contributed by atoms with Gasteiger partial charge in [-0.1, -0.05) is 156 Å². The van der Waals surface area contributed by atoms with E-state index in [4.69, 9.17) is 120 Å². The van der Waals surface area contributed by atoms with Gasteiger partial charge in [0.1, 0.15) is 30.5 Å². The second kappa shape index (κ2) is 75.6. The normalized spacial score (nSPS) is 30.0. The Kier molecular flexibility index (Phi) is 71.9. The Morgan fingerprint density at radius 2 is 0.715 bits per heavy atom. The van der Waals surface area contributed by atoms with E-state index in [2.05, 4.69) is 53.1 Å². The summed E-state index contributed by atoms with van der Waals surface area (Å²) in [6.07, 6.45) is 40.0. The summed E-state index contributed by atoms with van der Waals surface area (Å²) in [5.41, 5.74) is 0. The van der Waals surface area contributed by atoms with Crippen LogP contribution in [0.25, 0.3) is 0 Å². The van der Waals surface area contributed by atoms with E-state index in [1.165, 1.54) is 102 Å². The Hall–Kier alpha value is -2.34. The number of nitrogens with zero attached hydrogens (tertiary/aromatic N) is 1. The average Bonchev–Trinajstić information content (AvgIpc) is 1.70. The van der Waals surface area contributed by atoms with Gasteiger partial charge in [0, 0.05) is 31.2 Å². The number of aliphatic hydroxyl groups is 13. The maximum absolute atomic E-state index is 10.8. The fourth-order valence-corrected chi connectivity index (χ4v) is 17.6. The van der Waals surface area contributed by atoms with Crippen LogP contribution in [0.1, 0.15) is 301 Å². The third-order valence-electron chi connectivity index (χ3n) is 24.5. The van der Waals surface area contributed by atoms with Crippen molar-refractivity contribution in [1.82, 2.24) is 0 Å². The molecule has 11 fully saturated rings. The first kappa shape index (κ1) is 124. The summed E-state index contributed by atoms with van der Waals surface area (Å²) >= 11 is 1.20. The van der Waals surface area contributed by atoms with Gasteiger partial charge in [0.25, 0.3) is 7.98 Å². The maximum Gasteiger partial charge on any atom is 0.269 e. The minimum atomic E-state index is -3.00. The molecule has 0 amide bonds. The third-order valence-corrected chi connectivity index (χ3v) is 26.6. The molecule has 34 heteroatoms. The lowest BCUT2D eigenvalue weighted by Gasteiger charge is -2.18. The second-order valence-corrected chi connectivity index (χ2v) is 38.4. The van der Waals surface area contributed by atoms with Gasteiger partial charge in [-0.25, -0.2) is 8.42 Å². The molecule has 0 spiro atoms. The van der Waals surface area contributed by atoms with Crippen molar-refractivity contribution in [1.29, 1.82) is 0 Å². The number of rotatable bonds is 41. The summed E-state index contributed by atoms with van der Waals surface area (Å²) in [6.45, 7) is 20.3. The molecule has 13 N–H and O–H groups in total. The molecule has 11 heterocycles. The van der Waals surface area contributed by atoms with Crippen LogP contribution >= 0.6 is 20.6 Å². The SMILES string of the molecule is C.CCC1CCC(C(O)CCSOOc2ccccc2)O1.CCCCCCCCCCCC[C@@H](O)[C@H]1CC[C@H](CO)O1.CC[C@H]1CC[C@H]([C@@H](C)O)O1.CC[C@H]1CC[C@H]([C@@H](O)CO)O1.CC[C@H]1CC[C@H]([C@H]2CO2)O1.CC[C@H]1CC[C@H]([C@H]2CO2)O1.CO.CS(=O)(=O)c1ccccc1.C[C@@H](O)[C@H]1CC[C@H](CO)O1.OC[C@H]1CC[C@H]([C@@H](O)CO)O1.[B]N=POCC(O)C1CCC(CC)O1. The van der Waals surface area contributed by atoms with Gasteiger partial charge in [-0.2, -0.15) is 0 Å². The molecule has 11 aliphatic heterocycles. The smallest absolute Gasteiger partial charge is 0.269 e. The Morgan fingerprint density at radius 3 is 1.02 bits per heavy atom. The minimum absolute atomic E-state index is 0. The average molecular weight is 1920 g/mol. The summed E-state index contributed by atoms with van der Waals surface area (Å²) in [5.74, 6) is 1.34. The zero-order valence-corrected chi connectivity index (χ0v) is 82.3. The third kappa shape index (κ3) is 54.3. The highest BCUT2D eigenvalue weighted by Gasteiger charge is 2.41. The van der Waals surface area contributed by atoms with Crippen LogP contribution in [0, 0.1) is 0 Å². The number of para-hydroxylation sites is 1. The highest BCUT2D eigenvalue weighted by molar-refractivity contribution is 7.94. The van der Waals surface area contributed by atoms with Crippen LogP contribution in [0.2, 0.25) is 0 Å². The highest BCUT2D eigenvalue weighted by Crippen LogP contribution is 2.34. The van der Waals surface area contributed by atoms with Gasteiger partial charge in [0.15, 0.2) is 24.2 Å². The van der Waals surface area contributed by atoms with Crippen molar-refractivity contribution in [3.05, 3.63) is 60.7 Å². The number of epoxide rings is 2. The first-order valence-corrected chi connectivity index (χ1v) is 52.2. The van der Waals surface area contributed by atoms with E-state index < -0.39 is 40.4 Å². The number of ether oxygens (including phenoxy) is 11. The van der Waals surface area contributed by atoms with Gasteiger partial charge in [-0.15, -0.1) is 4.33 Å². The molecule has 6 unspecified atom stereocenters. The van der Waals surface area contributed by atoms with Gasteiger partial charge in [-0.3, -0.25) is 0 Å². The molecule has 27 atom stereocenters. The van der Waals surface area contributed by atoms with E-state index in [0.717, 1.165) is 155 Å². The van der Waals surface area contributed by atoms with Crippen LogP contribution in [-0.4, -0.2) is 320 Å². The van der Waals surface area contributed by atoms with Crippen LogP contribution in [-0.2, 0) is 70.8 Å². The lowest BCUT2D eigenvalue weighted by Crippen LogP contribution is -2.30. The molecule has 30 nitrogen and oxygen atoms in total. The van der Waals surface area contributed by atoms with Crippen molar-refractivity contribution < 1.29 is 141 Å². The molecule has 130 heavy (non-hydrogen) atoms. The summed E-state index contributed by atoms with van der Waals surface area (Å²) in [5, 5.41) is 117. The van der Waals surface area contributed by atoms with Gasteiger partial charge in [0.05, 0.1) is 192 Å². The number of sulfone groups is 1. The number of benzene rings is 2. The van der Waals surface area contributed by atoms with E-state index in [1.54, 1.807) is 44.2 Å².